The molecule has 0 atom stereocenters. The molecule has 7 nitrogen and oxygen atoms in total. The van der Waals surface area contributed by atoms with E-state index in [0.29, 0.717) is 25.1 Å². The Balaban J connectivity index is 1.48. The maximum absolute atomic E-state index is 14.2. The molecule has 142 valence electrons. The van der Waals surface area contributed by atoms with Crippen LogP contribution in [0.2, 0.25) is 0 Å². The van der Waals surface area contributed by atoms with Gasteiger partial charge in [0.15, 0.2) is 0 Å². The molecule has 2 N–H and O–H groups in total. The van der Waals surface area contributed by atoms with Gasteiger partial charge in [0, 0.05) is 29.4 Å². The Kier molecular flexibility index (Phi) is 4.84. The van der Waals surface area contributed by atoms with Gasteiger partial charge in [0.2, 0.25) is 5.91 Å². The highest BCUT2D eigenvalue weighted by molar-refractivity contribution is 5.91. The van der Waals surface area contributed by atoms with Gasteiger partial charge in [-0.1, -0.05) is 18.2 Å². The molecule has 0 aliphatic rings. The molecule has 0 aliphatic carbocycles. The predicted octanol–water partition coefficient (Wildman–Crippen LogP) is 2.98. The summed E-state index contributed by atoms with van der Waals surface area (Å²) in [5.74, 6) is -0.333. The van der Waals surface area contributed by atoms with Gasteiger partial charge >= 0.3 is 0 Å². The molecule has 2 heterocycles. The minimum Gasteiger partial charge on any atom is -0.354 e. The van der Waals surface area contributed by atoms with E-state index in [1.54, 1.807) is 12.1 Å². The Labute approximate surface area is 160 Å². The number of nitrogens with one attached hydrogen (secondary N) is 2. The van der Waals surface area contributed by atoms with Crippen LogP contribution >= 0.6 is 0 Å². The summed E-state index contributed by atoms with van der Waals surface area (Å²) in [4.78, 5) is 15.3. The van der Waals surface area contributed by atoms with E-state index in [1.807, 2.05) is 31.2 Å². The highest BCUT2D eigenvalue weighted by Crippen LogP contribution is 2.31. The molecule has 2 aromatic carbocycles. The SMILES string of the molecule is Cc1c(-c2ccccc2F)[nH]c2ccc(CNC(=O)CCn3cnnn3)cc12. The fourth-order valence-corrected chi connectivity index (χ4v) is 3.20. The number of halogens is 1. The first kappa shape index (κ1) is 17.8. The smallest absolute Gasteiger partial charge is 0.222 e. The summed E-state index contributed by atoms with van der Waals surface area (Å²) in [7, 11) is 0. The van der Waals surface area contributed by atoms with Crippen LogP contribution in [0.5, 0.6) is 0 Å². The molecule has 4 aromatic rings. The van der Waals surface area contributed by atoms with Gasteiger partial charge in [0.05, 0.1) is 12.2 Å². The molecule has 0 radical (unpaired) electrons. The van der Waals surface area contributed by atoms with E-state index in [9.17, 15) is 9.18 Å². The summed E-state index contributed by atoms with van der Waals surface area (Å²) in [5, 5.41) is 14.7. The number of hydrogen-bond donors (Lipinski definition) is 2. The largest absolute Gasteiger partial charge is 0.354 e. The van der Waals surface area contributed by atoms with Crippen molar-refractivity contribution in [1.82, 2.24) is 30.5 Å². The molecule has 4 rings (SSSR count). The minimum absolute atomic E-state index is 0.0755. The lowest BCUT2D eigenvalue weighted by atomic mass is 10.0. The molecule has 0 unspecified atom stereocenters. The predicted molar refractivity (Wildman–Crippen MR) is 103 cm³/mol. The number of aryl methyl sites for hydroxylation is 2. The van der Waals surface area contributed by atoms with Crippen LogP contribution in [-0.2, 0) is 17.9 Å². The van der Waals surface area contributed by atoms with E-state index in [0.717, 1.165) is 27.7 Å². The Morgan fingerprint density at radius 1 is 1.25 bits per heavy atom. The Morgan fingerprint density at radius 2 is 2.11 bits per heavy atom. The van der Waals surface area contributed by atoms with Gasteiger partial charge in [-0.25, -0.2) is 9.07 Å². The Bertz CT molecular complexity index is 1120. The first-order valence-electron chi connectivity index (χ1n) is 8.95. The molecule has 0 saturated carbocycles. The van der Waals surface area contributed by atoms with Gasteiger partial charge in [-0.2, -0.15) is 0 Å². The van der Waals surface area contributed by atoms with Crippen molar-refractivity contribution in [3.05, 3.63) is 65.7 Å². The standard InChI is InChI=1S/C20H19FN6O/c1-13-16-10-14(11-22-19(28)8-9-27-12-23-25-26-27)6-7-18(16)24-20(13)15-4-2-3-5-17(15)21/h2-7,10,12,24H,8-9,11H2,1H3,(H,22,28). The third-order valence-electron chi connectivity index (χ3n) is 4.71. The molecule has 0 fully saturated rings. The van der Waals surface area contributed by atoms with Crippen LogP contribution in [0.15, 0.2) is 48.8 Å². The number of rotatable bonds is 6. The first-order valence-corrected chi connectivity index (χ1v) is 8.95. The Hall–Kier alpha value is -3.55. The van der Waals surface area contributed by atoms with Crippen molar-refractivity contribution in [3.8, 4) is 11.3 Å². The van der Waals surface area contributed by atoms with Crippen molar-refractivity contribution in [1.29, 1.82) is 0 Å². The maximum atomic E-state index is 14.2. The number of carbonyl (C=O) groups is 1. The summed E-state index contributed by atoms with van der Waals surface area (Å²) in [5.41, 5.74) is 4.21. The van der Waals surface area contributed by atoms with Crippen LogP contribution in [0.25, 0.3) is 22.2 Å². The number of aromatic amines is 1. The number of nitrogens with zero attached hydrogens (tertiary/aromatic N) is 4. The van der Waals surface area contributed by atoms with Gasteiger partial charge < -0.3 is 10.3 Å². The average molecular weight is 378 g/mol. The van der Waals surface area contributed by atoms with E-state index in [1.165, 1.54) is 17.1 Å². The first-order chi connectivity index (χ1) is 13.6. The minimum atomic E-state index is -0.257. The zero-order chi connectivity index (χ0) is 19.5. The molecular formula is C20H19FN6O. The lowest BCUT2D eigenvalue weighted by Crippen LogP contribution is -2.24. The van der Waals surface area contributed by atoms with Gasteiger partial charge in [-0.05, 0) is 52.7 Å². The normalized spacial score (nSPS) is 11.1. The molecular weight excluding hydrogens is 359 g/mol. The molecule has 1 amide bonds. The van der Waals surface area contributed by atoms with Crippen LogP contribution in [0, 0.1) is 12.7 Å². The molecule has 0 saturated heterocycles. The summed E-state index contributed by atoms with van der Waals surface area (Å²) in [6.45, 7) is 2.82. The molecule has 8 heteroatoms. The third-order valence-corrected chi connectivity index (χ3v) is 4.71. The van der Waals surface area contributed by atoms with Crippen LogP contribution < -0.4 is 5.32 Å². The maximum Gasteiger partial charge on any atom is 0.222 e. The van der Waals surface area contributed by atoms with Crippen molar-refractivity contribution < 1.29 is 9.18 Å². The number of aromatic nitrogens is 5. The number of tetrazole rings is 1. The second kappa shape index (κ2) is 7.59. The van der Waals surface area contributed by atoms with Crippen LogP contribution in [-0.4, -0.2) is 31.1 Å². The summed E-state index contributed by atoms with van der Waals surface area (Å²) in [6, 6.07) is 12.6. The molecule has 0 bridgehead atoms. The van der Waals surface area contributed by atoms with Crippen molar-refractivity contribution in [2.45, 2.75) is 26.4 Å². The van der Waals surface area contributed by atoms with Crippen LogP contribution in [0.3, 0.4) is 0 Å². The number of benzene rings is 2. The van der Waals surface area contributed by atoms with E-state index in [2.05, 4.69) is 25.8 Å². The number of amides is 1. The van der Waals surface area contributed by atoms with Gasteiger partial charge in [0.1, 0.15) is 12.1 Å². The number of H-pyrrole nitrogens is 1. The topological polar surface area (TPSA) is 88.5 Å². The van der Waals surface area contributed by atoms with Gasteiger partial charge in [0.25, 0.3) is 0 Å². The van der Waals surface area contributed by atoms with Crippen molar-refractivity contribution in [2.75, 3.05) is 0 Å². The van der Waals surface area contributed by atoms with Crippen LogP contribution in [0.4, 0.5) is 4.39 Å². The molecule has 0 aliphatic heterocycles. The van der Waals surface area contributed by atoms with Crippen molar-refractivity contribution in [2.24, 2.45) is 0 Å². The fourth-order valence-electron chi connectivity index (χ4n) is 3.20. The summed E-state index contributed by atoms with van der Waals surface area (Å²) < 4.78 is 15.7. The van der Waals surface area contributed by atoms with E-state index < -0.39 is 0 Å². The Morgan fingerprint density at radius 3 is 2.89 bits per heavy atom. The summed E-state index contributed by atoms with van der Waals surface area (Å²) in [6.07, 6.45) is 1.77. The highest BCUT2D eigenvalue weighted by atomic mass is 19.1. The monoisotopic (exact) mass is 378 g/mol. The molecule has 28 heavy (non-hydrogen) atoms. The number of carbonyl (C=O) groups excluding carboxylic acids is 1. The molecule has 2 aromatic heterocycles. The fraction of sp³-hybridized carbons (Fsp3) is 0.200. The number of hydrogen-bond acceptors (Lipinski definition) is 4. The van der Waals surface area contributed by atoms with Gasteiger partial charge in [-0.15, -0.1) is 5.10 Å². The second-order valence-corrected chi connectivity index (χ2v) is 6.58. The second-order valence-electron chi connectivity index (χ2n) is 6.58. The quantitative estimate of drug-likeness (QED) is 0.540. The molecule has 0 spiro atoms. The van der Waals surface area contributed by atoms with E-state index in [-0.39, 0.29) is 11.7 Å². The number of fused-ring (bicyclic) bond motifs is 1. The van der Waals surface area contributed by atoms with E-state index >= 15 is 0 Å². The summed E-state index contributed by atoms with van der Waals surface area (Å²) >= 11 is 0. The zero-order valence-corrected chi connectivity index (χ0v) is 15.3. The third kappa shape index (κ3) is 3.62. The van der Waals surface area contributed by atoms with Gasteiger partial charge in [-0.3, -0.25) is 4.79 Å². The highest BCUT2D eigenvalue weighted by Gasteiger charge is 2.13. The lowest BCUT2D eigenvalue weighted by molar-refractivity contribution is -0.121. The van der Waals surface area contributed by atoms with Crippen LogP contribution in [0.1, 0.15) is 17.5 Å². The van der Waals surface area contributed by atoms with Crippen molar-refractivity contribution in [3.63, 3.8) is 0 Å². The lowest BCUT2D eigenvalue weighted by Gasteiger charge is -2.06. The zero-order valence-electron chi connectivity index (χ0n) is 15.3. The van der Waals surface area contributed by atoms with E-state index in [4.69, 9.17) is 0 Å². The average Bonchev–Trinajstić information content (AvgIpc) is 3.33. The van der Waals surface area contributed by atoms with Crippen molar-refractivity contribution >= 4 is 16.8 Å².